The summed E-state index contributed by atoms with van der Waals surface area (Å²) in [5, 5.41) is 0. The lowest BCUT2D eigenvalue weighted by molar-refractivity contribution is 0.281. The molecule has 0 N–H and O–H groups in total. The van der Waals surface area contributed by atoms with Crippen LogP contribution in [0.1, 0.15) is 31.9 Å². The van der Waals surface area contributed by atoms with E-state index in [1.165, 1.54) is 11.1 Å². The van der Waals surface area contributed by atoms with Crippen LogP contribution in [0.25, 0.3) is 5.76 Å². The third-order valence-electron chi connectivity index (χ3n) is 2.23. The zero-order valence-corrected chi connectivity index (χ0v) is 9.00. The highest BCUT2D eigenvalue weighted by molar-refractivity contribution is 5.66. The minimum Gasteiger partial charge on any atom is -0.489 e. The van der Waals surface area contributed by atoms with Gasteiger partial charge in [0.1, 0.15) is 12.4 Å². The van der Waals surface area contributed by atoms with Crippen LogP contribution in [0.3, 0.4) is 0 Å². The van der Waals surface area contributed by atoms with Crippen molar-refractivity contribution in [3.05, 3.63) is 41.5 Å². The number of hydrogen-bond acceptors (Lipinski definition) is 1. The normalized spacial score (nSPS) is 18.1. The molecule has 1 aliphatic rings. The number of hydrogen-bond donors (Lipinski definition) is 0. The van der Waals surface area contributed by atoms with E-state index in [4.69, 9.17) is 4.74 Å². The van der Waals surface area contributed by atoms with Gasteiger partial charge < -0.3 is 4.74 Å². The van der Waals surface area contributed by atoms with Gasteiger partial charge in [-0.3, -0.25) is 0 Å². The average Bonchev–Trinajstić information content (AvgIpc) is 2.47. The topological polar surface area (TPSA) is 9.23 Å². The highest BCUT2D eigenvalue weighted by Crippen LogP contribution is 2.32. The van der Waals surface area contributed by atoms with Crippen molar-refractivity contribution in [2.45, 2.75) is 27.4 Å². The molecule has 0 bridgehead atoms. The Hall–Kier alpha value is -1.24. The van der Waals surface area contributed by atoms with Crippen molar-refractivity contribution < 1.29 is 4.74 Å². The first-order valence-corrected chi connectivity index (χ1v) is 5.00. The van der Waals surface area contributed by atoms with Gasteiger partial charge in [0.25, 0.3) is 0 Å². The van der Waals surface area contributed by atoms with E-state index in [9.17, 15) is 0 Å². The lowest BCUT2D eigenvalue weighted by Gasteiger charge is -2.13. The Morgan fingerprint density at radius 1 is 1.21 bits per heavy atom. The zero-order valence-electron chi connectivity index (χ0n) is 9.00. The minimum absolute atomic E-state index is 0.173. The van der Waals surface area contributed by atoms with Gasteiger partial charge in [-0.2, -0.15) is 0 Å². The molecule has 0 fully saturated rings. The molecule has 0 atom stereocenters. The zero-order chi connectivity index (χ0) is 10.2. The Bertz CT molecular complexity index is 369. The summed E-state index contributed by atoms with van der Waals surface area (Å²) in [6.07, 6.45) is 2.19. The minimum atomic E-state index is 0.173. The van der Waals surface area contributed by atoms with Gasteiger partial charge in [0.15, 0.2) is 0 Å². The summed E-state index contributed by atoms with van der Waals surface area (Å²) < 4.78 is 5.66. The summed E-state index contributed by atoms with van der Waals surface area (Å²) in [5.41, 5.74) is 2.72. The maximum Gasteiger partial charge on any atom is 0.123 e. The van der Waals surface area contributed by atoms with Crippen molar-refractivity contribution in [2.24, 2.45) is 5.41 Å². The van der Waals surface area contributed by atoms with Crippen molar-refractivity contribution >= 4 is 5.76 Å². The Morgan fingerprint density at radius 2 is 1.93 bits per heavy atom. The molecule has 2 rings (SSSR count). The Balaban J connectivity index is 2.40. The van der Waals surface area contributed by atoms with Crippen molar-refractivity contribution in [3.63, 3.8) is 0 Å². The van der Waals surface area contributed by atoms with E-state index >= 15 is 0 Å². The summed E-state index contributed by atoms with van der Waals surface area (Å²) >= 11 is 0. The highest BCUT2D eigenvalue weighted by atomic mass is 16.5. The molecule has 1 aliphatic heterocycles. The van der Waals surface area contributed by atoms with Crippen molar-refractivity contribution in [3.8, 4) is 0 Å². The molecule has 1 heterocycles. The quantitative estimate of drug-likeness (QED) is 0.604. The van der Waals surface area contributed by atoms with Crippen molar-refractivity contribution in [1.82, 2.24) is 0 Å². The summed E-state index contributed by atoms with van der Waals surface area (Å²) in [6, 6.07) is 8.37. The maximum atomic E-state index is 5.66. The summed E-state index contributed by atoms with van der Waals surface area (Å²) in [7, 11) is 0. The lowest BCUT2D eigenvalue weighted by atomic mass is 9.94. The second-order valence-corrected chi connectivity index (χ2v) is 4.82. The second-order valence-electron chi connectivity index (χ2n) is 4.82. The van der Waals surface area contributed by atoms with E-state index in [1.54, 1.807) is 0 Å². The van der Waals surface area contributed by atoms with Crippen LogP contribution in [0.15, 0.2) is 30.3 Å². The summed E-state index contributed by atoms with van der Waals surface area (Å²) in [5.74, 6) is 1.04. The summed E-state index contributed by atoms with van der Waals surface area (Å²) in [4.78, 5) is 0. The SMILES string of the molecule is CC(C)(C)/C=C1/OCc2ccccc21. The fraction of sp³-hybridized carbons (Fsp3) is 0.385. The third kappa shape index (κ3) is 1.82. The van der Waals surface area contributed by atoms with Gasteiger partial charge >= 0.3 is 0 Å². The van der Waals surface area contributed by atoms with E-state index in [0.29, 0.717) is 0 Å². The molecule has 0 amide bonds. The van der Waals surface area contributed by atoms with E-state index in [2.05, 4.69) is 51.1 Å². The first kappa shape index (κ1) is 9.32. The molecular weight excluding hydrogens is 172 g/mol. The highest BCUT2D eigenvalue weighted by Gasteiger charge is 2.19. The molecule has 0 saturated heterocycles. The molecule has 0 saturated carbocycles. The number of rotatable bonds is 0. The predicted octanol–water partition coefficient (Wildman–Crippen LogP) is 3.60. The van der Waals surface area contributed by atoms with Gasteiger partial charge in [0.05, 0.1) is 0 Å². The molecule has 14 heavy (non-hydrogen) atoms. The Morgan fingerprint density at radius 3 is 2.64 bits per heavy atom. The van der Waals surface area contributed by atoms with E-state index in [1.807, 2.05) is 0 Å². The van der Waals surface area contributed by atoms with Gasteiger partial charge in [-0.25, -0.2) is 0 Å². The predicted molar refractivity (Wildman–Crippen MR) is 58.7 cm³/mol. The van der Waals surface area contributed by atoms with Crippen LogP contribution in [-0.2, 0) is 11.3 Å². The number of ether oxygens (including phenoxy) is 1. The van der Waals surface area contributed by atoms with Crippen LogP contribution in [0.2, 0.25) is 0 Å². The van der Waals surface area contributed by atoms with Crippen molar-refractivity contribution in [2.75, 3.05) is 0 Å². The molecule has 0 radical (unpaired) electrons. The van der Waals surface area contributed by atoms with Gasteiger partial charge in [-0.05, 0) is 11.5 Å². The van der Waals surface area contributed by atoms with E-state index < -0.39 is 0 Å². The van der Waals surface area contributed by atoms with Crippen LogP contribution < -0.4 is 0 Å². The first-order chi connectivity index (χ1) is 6.56. The van der Waals surface area contributed by atoms with Gasteiger partial charge in [0, 0.05) is 11.1 Å². The molecule has 1 nitrogen and oxygen atoms in total. The molecule has 0 spiro atoms. The lowest BCUT2D eigenvalue weighted by Crippen LogP contribution is -2.00. The van der Waals surface area contributed by atoms with Crippen LogP contribution >= 0.6 is 0 Å². The fourth-order valence-corrected chi connectivity index (χ4v) is 1.63. The van der Waals surface area contributed by atoms with Gasteiger partial charge in [-0.1, -0.05) is 45.0 Å². The van der Waals surface area contributed by atoms with Crippen molar-refractivity contribution in [1.29, 1.82) is 0 Å². The van der Waals surface area contributed by atoms with Crippen LogP contribution in [0.5, 0.6) is 0 Å². The van der Waals surface area contributed by atoms with E-state index in [0.717, 1.165) is 12.4 Å². The average molecular weight is 188 g/mol. The number of fused-ring (bicyclic) bond motifs is 1. The van der Waals surface area contributed by atoms with Crippen LogP contribution in [0.4, 0.5) is 0 Å². The second kappa shape index (κ2) is 3.16. The third-order valence-corrected chi connectivity index (χ3v) is 2.23. The number of allylic oxidation sites excluding steroid dienone is 1. The Kier molecular flexibility index (Phi) is 2.10. The van der Waals surface area contributed by atoms with Gasteiger partial charge in [0.2, 0.25) is 0 Å². The monoisotopic (exact) mass is 188 g/mol. The molecule has 1 heteroatoms. The molecule has 74 valence electrons. The summed E-state index contributed by atoms with van der Waals surface area (Å²) in [6.45, 7) is 7.27. The molecule has 0 aromatic heterocycles. The molecule has 1 aromatic rings. The molecule has 1 aromatic carbocycles. The first-order valence-electron chi connectivity index (χ1n) is 5.00. The molecule has 0 unspecified atom stereocenters. The largest absolute Gasteiger partial charge is 0.489 e. The number of benzene rings is 1. The maximum absolute atomic E-state index is 5.66. The van der Waals surface area contributed by atoms with Crippen LogP contribution in [0, 0.1) is 5.41 Å². The standard InChI is InChI=1S/C13H16O/c1-13(2,3)8-12-11-7-5-4-6-10(11)9-14-12/h4-8H,9H2,1-3H3/b12-8+. The molecule has 0 aliphatic carbocycles. The fourth-order valence-electron chi connectivity index (χ4n) is 1.63. The van der Waals surface area contributed by atoms with E-state index in [-0.39, 0.29) is 5.41 Å². The molecular formula is C13H16O. The Labute approximate surface area is 85.4 Å². The smallest absolute Gasteiger partial charge is 0.123 e. The van der Waals surface area contributed by atoms with Crippen LogP contribution in [-0.4, -0.2) is 0 Å². The van der Waals surface area contributed by atoms with Gasteiger partial charge in [-0.15, -0.1) is 0 Å².